The quantitative estimate of drug-likeness (QED) is 0.835. The molecule has 4 rings (SSSR count). The Bertz CT molecular complexity index is 868. The van der Waals surface area contributed by atoms with Crippen LogP contribution in [0.4, 0.5) is 10.1 Å². The van der Waals surface area contributed by atoms with Crippen LogP contribution in [0.1, 0.15) is 12.0 Å². The van der Waals surface area contributed by atoms with Crippen LogP contribution in [0.15, 0.2) is 42.5 Å². The lowest BCUT2D eigenvalue weighted by atomic mass is 10.0. The number of fused-ring (bicyclic) bond motifs is 1. The highest BCUT2D eigenvalue weighted by Gasteiger charge is 2.26. The zero-order chi connectivity index (χ0) is 20.2. The first-order valence-corrected chi connectivity index (χ1v) is 10.0. The van der Waals surface area contributed by atoms with Crippen LogP contribution in [0, 0.1) is 5.82 Å². The largest absolute Gasteiger partial charge is 0.486 e. The number of benzene rings is 2. The molecule has 2 aliphatic heterocycles. The summed E-state index contributed by atoms with van der Waals surface area (Å²) in [7, 11) is 0. The summed E-state index contributed by atoms with van der Waals surface area (Å²) in [6, 6.07) is 12.1. The van der Waals surface area contributed by atoms with Crippen LogP contribution < -0.4 is 20.1 Å². The number of carbonyl (C=O) groups is 1. The van der Waals surface area contributed by atoms with Crippen molar-refractivity contribution in [3.8, 4) is 11.5 Å². The van der Waals surface area contributed by atoms with Crippen LogP contribution in [-0.2, 0) is 11.2 Å². The lowest BCUT2D eigenvalue weighted by Crippen LogP contribution is -2.50. The van der Waals surface area contributed by atoms with Gasteiger partial charge < -0.3 is 25.0 Å². The average molecular weight is 399 g/mol. The number of nitrogens with two attached hydrogens (primary N) is 1. The number of hydrogen-bond acceptors (Lipinski definition) is 5. The molecule has 1 saturated heterocycles. The Morgan fingerprint density at radius 2 is 1.79 bits per heavy atom. The monoisotopic (exact) mass is 399 g/mol. The summed E-state index contributed by atoms with van der Waals surface area (Å²) in [6.45, 7) is 3.78. The Labute approximate surface area is 170 Å². The van der Waals surface area contributed by atoms with Crippen molar-refractivity contribution in [2.75, 3.05) is 44.3 Å². The predicted molar refractivity (Wildman–Crippen MR) is 109 cm³/mol. The lowest BCUT2D eigenvalue weighted by molar-refractivity contribution is -0.131. The van der Waals surface area contributed by atoms with Gasteiger partial charge in [0.15, 0.2) is 11.5 Å². The number of anilines is 1. The second-order valence-corrected chi connectivity index (χ2v) is 7.43. The van der Waals surface area contributed by atoms with Crippen molar-refractivity contribution in [1.29, 1.82) is 0 Å². The maximum Gasteiger partial charge on any atom is 0.224 e. The second kappa shape index (κ2) is 8.69. The molecular weight excluding hydrogens is 373 g/mol. The number of piperazine rings is 1. The van der Waals surface area contributed by atoms with E-state index in [4.69, 9.17) is 15.2 Å². The van der Waals surface area contributed by atoms with Crippen LogP contribution in [0.3, 0.4) is 0 Å². The van der Waals surface area contributed by atoms with Gasteiger partial charge in [-0.25, -0.2) is 4.39 Å². The van der Waals surface area contributed by atoms with Gasteiger partial charge in [0.05, 0.1) is 5.69 Å². The molecule has 1 amide bonds. The van der Waals surface area contributed by atoms with Crippen LogP contribution in [0.25, 0.3) is 0 Å². The second-order valence-electron chi connectivity index (χ2n) is 7.43. The van der Waals surface area contributed by atoms with Crippen molar-refractivity contribution in [3.63, 3.8) is 0 Å². The van der Waals surface area contributed by atoms with E-state index in [0.717, 1.165) is 17.2 Å². The van der Waals surface area contributed by atoms with Crippen LogP contribution in [-0.4, -0.2) is 56.2 Å². The van der Waals surface area contributed by atoms with Gasteiger partial charge in [0, 0.05) is 38.6 Å². The molecule has 0 unspecified atom stereocenters. The van der Waals surface area contributed by atoms with E-state index < -0.39 is 6.04 Å². The third kappa shape index (κ3) is 4.45. The van der Waals surface area contributed by atoms with E-state index in [9.17, 15) is 9.18 Å². The van der Waals surface area contributed by atoms with Crippen molar-refractivity contribution >= 4 is 11.6 Å². The van der Waals surface area contributed by atoms with Crippen molar-refractivity contribution < 1.29 is 18.7 Å². The molecule has 0 aromatic heterocycles. The van der Waals surface area contributed by atoms with Gasteiger partial charge in [-0.1, -0.05) is 24.3 Å². The Kier molecular flexibility index (Phi) is 5.85. The van der Waals surface area contributed by atoms with Crippen molar-refractivity contribution in [2.45, 2.75) is 18.9 Å². The molecule has 154 valence electrons. The molecule has 2 N–H and O–H groups in total. The normalized spacial score (nSPS) is 17.2. The minimum atomic E-state index is -0.399. The van der Waals surface area contributed by atoms with E-state index in [1.54, 1.807) is 18.2 Å². The summed E-state index contributed by atoms with van der Waals surface area (Å²) in [5.41, 5.74) is 7.68. The molecule has 2 aliphatic rings. The number of nitrogens with zero attached hydrogens (tertiary/aromatic N) is 2. The van der Waals surface area contributed by atoms with Crippen LogP contribution in [0.2, 0.25) is 0 Å². The first-order chi connectivity index (χ1) is 14.1. The number of amides is 1. The fraction of sp³-hybridized carbons (Fsp3) is 0.409. The van der Waals surface area contributed by atoms with Gasteiger partial charge in [0.25, 0.3) is 0 Å². The van der Waals surface area contributed by atoms with Gasteiger partial charge in [-0.15, -0.1) is 0 Å². The summed E-state index contributed by atoms with van der Waals surface area (Å²) in [5.74, 6) is 1.29. The Morgan fingerprint density at radius 1 is 1.03 bits per heavy atom. The van der Waals surface area contributed by atoms with E-state index in [2.05, 4.69) is 4.90 Å². The molecule has 1 fully saturated rings. The molecule has 2 heterocycles. The minimum absolute atomic E-state index is 0.0168. The number of carbonyl (C=O) groups excluding carboxylic acids is 1. The maximum absolute atomic E-state index is 13.8. The molecule has 0 bridgehead atoms. The van der Waals surface area contributed by atoms with E-state index in [1.807, 2.05) is 23.1 Å². The highest BCUT2D eigenvalue weighted by atomic mass is 19.1. The highest BCUT2D eigenvalue weighted by Crippen LogP contribution is 2.39. The molecule has 0 aliphatic carbocycles. The molecular formula is C22H26FN3O3. The predicted octanol–water partition coefficient (Wildman–Crippen LogP) is 2.21. The van der Waals surface area contributed by atoms with Gasteiger partial charge in [-0.2, -0.15) is 0 Å². The fourth-order valence-electron chi connectivity index (χ4n) is 3.88. The first kappa shape index (κ1) is 19.5. The molecule has 0 radical (unpaired) electrons. The minimum Gasteiger partial charge on any atom is -0.486 e. The molecule has 0 saturated carbocycles. The van der Waals surface area contributed by atoms with E-state index >= 15 is 0 Å². The smallest absolute Gasteiger partial charge is 0.224 e. The summed E-state index contributed by atoms with van der Waals surface area (Å²) < 4.78 is 25.3. The molecule has 1 atom stereocenters. The summed E-state index contributed by atoms with van der Waals surface area (Å²) in [5, 5.41) is 0. The van der Waals surface area contributed by atoms with E-state index in [0.29, 0.717) is 51.4 Å². The Balaban J connectivity index is 1.31. The molecule has 6 nitrogen and oxygen atoms in total. The van der Waals surface area contributed by atoms with Gasteiger partial charge >= 0.3 is 0 Å². The molecule has 7 heteroatoms. The molecule has 29 heavy (non-hydrogen) atoms. The number of rotatable bonds is 5. The van der Waals surface area contributed by atoms with Crippen LogP contribution in [0.5, 0.6) is 11.5 Å². The topological polar surface area (TPSA) is 68.0 Å². The first-order valence-electron chi connectivity index (χ1n) is 10.0. The Morgan fingerprint density at radius 3 is 2.59 bits per heavy atom. The number of ether oxygens (including phenoxy) is 2. The summed E-state index contributed by atoms with van der Waals surface area (Å²) in [6.07, 6.45) is 0.567. The molecule has 2 aromatic carbocycles. The zero-order valence-electron chi connectivity index (χ0n) is 16.4. The number of para-hydroxylation sites is 1. The summed E-state index contributed by atoms with van der Waals surface area (Å²) >= 11 is 0. The standard InChI is InChI=1S/C22H26FN3O3/c23-18-5-2-1-4-16(18)14-17(24)15-21(27)26-10-8-25(9-11-26)19-6-3-7-20-22(19)29-13-12-28-20/h1-7,17H,8-15,24H2/t17-/m1/s1. The SMILES string of the molecule is N[C@@H](CC(=O)N1CCN(c2cccc3c2OCCO3)CC1)Cc1ccccc1F. The Hall–Kier alpha value is -2.80. The lowest BCUT2D eigenvalue weighted by Gasteiger charge is -2.37. The average Bonchev–Trinajstić information content (AvgIpc) is 2.75. The number of hydrogen-bond donors (Lipinski definition) is 1. The van der Waals surface area contributed by atoms with Crippen LogP contribution >= 0.6 is 0 Å². The van der Waals surface area contributed by atoms with Gasteiger partial charge in [0.1, 0.15) is 19.0 Å². The third-order valence-corrected chi connectivity index (χ3v) is 5.40. The van der Waals surface area contributed by atoms with Crippen molar-refractivity contribution in [2.24, 2.45) is 5.73 Å². The fourth-order valence-corrected chi connectivity index (χ4v) is 3.88. The maximum atomic E-state index is 13.8. The zero-order valence-corrected chi connectivity index (χ0v) is 16.4. The third-order valence-electron chi connectivity index (χ3n) is 5.40. The highest BCUT2D eigenvalue weighted by molar-refractivity contribution is 5.77. The number of halogens is 1. The van der Waals surface area contributed by atoms with Gasteiger partial charge in [-0.3, -0.25) is 4.79 Å². The summed E-state index contributed by atoms with van der Waals surface area (Å²) in [4.78, 5) is 16.7. The molecule has 0 spiro atoms. The van der Waals surface area contributed by atoms with E-state index in [-0.39, 0.29) is 18.1 Å². The van der Waals surface area contributed by atoms with Crippen molar-refractivity contribution in [3.05, 3.63) is 53.8 Å². The van der Waals surface area contributed by atoms with E-state index in [1.165, 1.54) is 6.07 Å². The van der Waals surface area contributed by atoms with Gasteiger partial charge in [0.2, 0.25) is 5.91 Å². The molecule has 2 aromatic rings. The van der Waals surface area contributed by atoms with Crippen molar-refractivity contribution in [1.82, 2.24) is 4.90 Å². The van der Waals surface area contributed by atoms with Gasteiger partial charge in [-0.05, 0) is 30.2 Å².